The summed E-state index contributed by atoms with van der Waals surface area (Å²) in [7, 11) is 1.55. The van der Waals surface area contributed by atoms with Crippen molar-refractivity contribution < 1.29 is 23.8 Å². The molecule has 3 aromatic rings. The maximum Gasteiger partial charge on any atom is 0.338 e. The smallest absolute Gasteiger partial charge is 0.338 e. The fourth-order valence-corrected chi connectivity index (χ4v) is 3.04. The molecular formula is C25H25NO5. The summed E-state index contributed by atoms with van der Waals surface area (Å²) in [6.45, 7) is 3.99. The van der Waals surface area contributed by atoms with Gasteiger partial charge in [0.2, 0.25) is 6.10 Å². The van der Waals surface area contributed by atoms with Gasteiger partial charge in [0.15, 0.2) is 0 Å². The van der Waals surface area contributed by atoms with Crippen LogP contribution in [-0.4, -0.2) is 25.6 Å². The predicted octanol–water partition coefficient (Wildman–Crippen LogP) is 4.94. The average Bonchev–Trinajstić information content (AvgIpc) is 2.78. The zero-order valence-electron chi connectivity index (χ0n) is 17.8. The van der Waals surface area contributed by atoms with Gasteiger partial charge in [-0.3, -0.25) is 4.79 Å². The highest BCUT2D eigenvalue weighted by Gasteiger charge is 2.24. The van der Waals surface area contributed by atoms with Gasteiger partial charge in [-0.25, -0.2) is 4.79 Å². The normalized spacial score (nSPS) is 11.3. The number of esters is 1. The highest BCUT2D eigenvalue weighted by atomic mass is 16.5. The zero-order chi connectivity index (χ0) is 22.2. The lowest BCUT2D eigenvalue weighted by molar-refractivity contribution is -0.123. The number of aryl methyl sites for hydroxylation is 1. The summed E-state index contributed by atoms with van der Waals surface area (Å²) >= 11 is 0. The van der Waals surface area contributed by atoms with Crippen molar-refractivity contribution in [2.75, 3.05) is 19.0 Å². The van der Waals surface area contributed by atoms with Crippen LogP contribution in [-0.2, 0) is 9.53 Å². The molecule has 0 bridgehead atoms. The van der Waals surface area contributed by atoms with Crippen LogP contribution in [0.25, 0.3) is 0 Å². The fourth-order valence-electron chi connectivity index (χ4n) is 3.04. The number of benzene rings is 3. The molecule has 31 heavy (non-hydrogen) atoms. The van der Waals surface area contributed by atoms with Gasteiger partial charge in [0, 0.05) is 5.56 Å². The molecule has 0 saturated heterocycles. The van der Waals surface area contributed by atoms with Gasteiger partial charge in [0.05, 0.1) is 25.0 Å². The highest BCUT2D eigenvalue weighted by Crippen LogP contribution is 2.29. The molecule has 0 aromatic heterocycles. The standard InChI is InChI=1S/C25H25NO5/c1-4-30-25(28)19-11-13-20(14-12-19)31-23(18-8-6-5-7-9-18)24(27)26-21-16-17(2)10-15-22(21)29-3/h5-16,23H,4H2,1-3H3,(H,26,27). The Morgan fingerprint density at radius 2 is 1.68 bits per heavy atom. The predicted molar refractivity (Wildman–Crippen MR) is 119 cm³/mol. The second-order valence-electron chi connectivity index (χ2n) is 6.85. The Hall–Kier alpha value is -3.80. The van der Waals surface area contributed by atoms with E-state index in [-0.39, 0.29) is 5.91 Å². The molecule has 6 nitrogen and oxygen atoms in total. The Bertz CT molecular complexity index is 1030. The Kier molecular flexibility index (Phi) is 7.27. The first-order valence-corrected chi connectivity index (χ1v) is 9.96. The summed E-state index contributed by atoms with van der Waals surface area (Å²) in [5, 5.41) is 2.90. The van der Waals surface area contributed by atoms with E-state index in [9.17, 15) is 9.59 Å². The van der Waals surface area contributed by atoms with E-state index in [0.717, 1.165) is 5.56 Å². The van der Waals surface area contributed by atoms with Crippen LogP contribution in [0.2, 0.25) is 0 Å². The molecule has 0 heterocycles. The third-order valence-electron chi connectivity index (χ3n) is 4.57. The van der Waals surface area contributed by atoms with Crippen molar-refractivity contribution in [2.24, 2.45) is 0 Å². The Morgan fingerprint density at radius 3 is 2.32 bits per heavy atom. The van der Waals surface area contributed by atoms with Crippen LogP contribution >= 0.6 is 0 Å². The first kappa shape index (κ1) is 21.9. The number of amides is 1. The van der Waals surface area contributed by atoms with Gasteiger partial charge in [-0.15, -0.1) is 0 Å². The quantitative estimate of drug-likeness (QED) is 0.524. The van der Waals surface area contributed by atoms with Gasteiger partial charge in [-0.05, 0) is 55.8 Å². The van der Waals surface area contributed by atoms with Crippen molar-refractivity contribution in [3.8, 4) is 11.5 Å². The summed E-state index contributed by atoms with van der Waals surface area (Å²) < 4.78 is 16.4. The van der Waals surface area contributed by atoms with Crippen LogP contribution in [0.5, 0.6) is 11.5 Å². The molecule has 0 aliphatic heterocycles. The van der Waals surface area contributed by atoms with Gasteiger partial charge in [-0.1, -0.05) is 36.4 Å². The fraction of sp³-hybridized carbons (Fsp3) is 0.200. The third-order valence-corrected chi connectivity index (χ3v) is 4.57. The number of anilines is 1. The molecule has 6 heteroatoms. The second-order valence-corrected chi connectivity index (χ2v) is 6.85. The Balaban J connectivity index is 1.85. The topological polar surface area (TPSA) is 73.9 Å². The van der Waals surface area contributed by atoms with Crippen LogP contribution in [0.4, 0.5) is 5.69 Å². The molecule has 0 saturated carbocycles. The van der Waals surface area contributed by atoms with E-state index < -0.39 is 12.1 Å². The molecule has 0 radical (unpaired) electrons. The van der Waals surface area contributed by atoms with Gasteiger partial charge >= 0.3 is 5.97 Å². The molecule has 0 aliphatic rings. The van der Waals surface area contributed by atoms with E-state index >= 15 is 0 Å². The van der Waals surface area contributed by atoms with Gasteiger partial charge in [0.25, 0.3) is 5.91 Å². The van der Waals surface area contributed by atoms with E-state index in [1.54, 1.807) is 44.4 Å². The number of carbonyl (C=O) groups is 2. The first-order chi connectivity index (χ1) is 15.0. The molecule has 1 atom stereocenters. The van der Waals surface area contributed by atoms with Crippen molar-refractivity contribution >= 4 is 17.6 Å². The van der Waals surface area contributed by atoms with Crippen molar-refractivity contribution in [3.63, 3.8) is 0 Å². The second kappa shape index (κ2) is 10.3. The van der Waals surface area contributed by atoms with Crippen LogP contribution < -0.4 is 14.8 Å². The summed E-state index contributed by atoms with van der Waals surface area (Å²) in [5.74, 6) is 0.264. The molecule has 3 rings (SSSR count). The molecule has 0 aliphatic carbocycles. The molecule has 160 valence electrons. The number of ether oxygens (including phenoxy) is 3. The Labute approximate surface area is 181 Å². The molecule has 0 spiro atoms. The number of nitrogens with one attached hydrogen (secondary N) is 1. The third kappa shape index (κ3) is 5.63. The van der Waals surface area contributed by atoms with Gasteiger partial charge in [0.1, 0.15) is 11.5 Å². The number of hydrogen-bond donors (Lipinski definition) is 1. The van der Waals surface area contributed by atoms with Crippen LogP contribution in [0.1, 0.15) is 34.5 Å². The van der Waals surface area contributed by atoms with E-state index in [4.69, 9.17) is 14.2 Å². The number of hydrogen-bond acceptors (Lipinski definition) is 5. The van der Waals surface area contributed by atoms with Gasteiger partial charge < -0.3 is 19.5 Å². The summed E-state index contributed by atoms with van der Waals surface area (Å²) in [5.41, 5.74) is 2.66. The summed E-state index contributed by atoms with van der Waals surface area (Å²) in [4.78, 5) is 25.1. The highest BCUT2D eigenvalue weighted by molar-refractivity contribution is 5.96. The van der Waals surface area contributed by atoms with E-state index in [2.05, 4.69) is 5.32 Å². The van der Waals surface area contributed by atoms with Crippen molar-refractivity contribution in [2.45, 2.75) is 20.0 Å². The minimum Gasteiger partial charge on any atom is -0.495 e. The van der Waals surface area contributed by atoms with Crippen molar-refractivity contribution in [1.29, 1.82) is 0 Å². The Morgan fingerprint density at radius 1 is 0.968 bits per heavy atom. The first-order valence-electron chi connectivity index (χ1n) is 9.96. The van der Waals surface area contributed by atoms with E-state index in [1.807, 2.05) is 49.4 Å². The van der Waals surface area contributed by atoms with E-state index in [1.165, 1.54) is 0 Å². The van der Waals surface area contributed by atoms with Crippen molar-refractivity contribution in [3.05, 3.63) is 89.5 Å². The van der Waals surface area contributed by atoms with Gasteiger partial charge in [-0.2, -0.15) is 0 Å². The lowest BCUT2D eigenvalue weighted by Gasteiger charge is -2.20. The number of methoxy groups -OCH3 is 1. The van der Waals surface area contributed by atoms with Crippen LogP contribution in [0.3, 0.4) is 0 Å². The number of rotatable bonds is 8. The SMILES string of the molecule is CCOC(=O)c1ccc(OC(C(=O)Nc2cc(C)ccc2OC)c2ccccc2)cc1. The molecule has 1 amide bonds. The van der Waals surface area contributed by atoms with Crippen molar-refractivity contribution in [1.82, 2.24) is 0 Å². The lowest BCUT2D eigenvalue weighted by atomic mass is 10.1. The minimum atomic E-state index is -0.903. The monoisotopic (exact) mass is 419 g/mol. The van der Waals surface area contributed by atoms with Crippen LogP contribution in [0.15, 0.2) is 72.8 Å². The summed E-state index contributed by atoms with van der Waals surface area (Å²) in [6, 6.07) is 21.3. The molecule has 1 N–H and O–H groups in total. The maximum absolute atomic E-state index is 13.2. The molecular weight excluding hydrogens is 394 g/mol. The maximum atomic E-state index is 13.2. The minimum absolute atomic E-state index is 0.301. The number of carbonyl (C=O) groups excluding carboxylic acids is 2. The molecule has 1 unspecified atom stereocenters. The summed E-state index contributed by atoms with van der Waals surface area (Å²) in [6.07, 6.45) is -0.903. The van der Waals surface area contributed by atoms with Crippen LogP contribution in [0, 0.1) is 6.92 Å². The average molecular weight is 419 g/mol. The lowest BCUT2D eigenvalue weighted by Crippen LogP contribution is -2.26. The molecule has 3 aromatic carbocycles. The largest absolute Gasteiger partial charge is 0.495 e. The molecule has 0 fully saturated rings. The van der Waals surface area contributed by atoms with E-state index in [0.29, 0.717) is 34.9 Å². The zero-order valence-corrected chi connectivity index (χ0v) is 17.8.